The number of rotatable bonds is 65. The average Bonchev–Trinajstić information content (AvgIpc) is 1.57. The second kappa shape index (κ2) is 55.5. The van der Waals surface area contributed by atoms with E-state index in [1.54, 1.807) is 22.7 Å². The lowest BCUT2D eigenvalue weighted by atomic mass is 9.93. The van der Waals surface area contributed by atoms with Crippen LogP contribution in [-0.2, 0) is 19.2 Å². The van der Waals surface area contributed by atoms with E-state index in [0.29, 0.717) is 72.1 Å². The third kappa shape index (κ3) is 29.8. The zero-order chi connectivity index (χ0) is 90.5. The Bertz CT molecular complexity index is 4780. The Kier molecular flexibility index (Phi) is 44.8. The summed E-state index contributed by atoms with van der Waals surface area (Å²) in [6, 6.07) is 31.5. The highest BCUT2D eigenvalue weighted by Crippen LogP contribution is 2.53. The maximum Gasteiger partial charge on any atom is 0.261 e. The Balaban J connectivity index is 0.000000248. The summed E-state index contributed by atoms with van der Waals surface area (Å²) in [4.78, 5) is 85.2. The van der Waals surface area contributed by atoms with Crippen LogP contribution in [0.4, 0.5) is 0 Å². The van der Waals surface area contributed by atoms with Gasteiger partial charge in [-0.25, -0.2) is 0 Å². The number of hydrogen-bond donors (Lipinski definition) is 0. The van der Waals surface area contributed by atoms with Gasteiger partial charge in [0.25, 0.3) is 23.6 Å². The monoisotopic (exact) mass is 1880 g/mol. The average molecular weight is 1890 g/mol. The molecule has 0 N–H and O–H groups in total. The lowest BCUT2D eigenvalue weighted by molar-refractivity contribution is -0.125. The number of unbranched alkanes of at least 4 members (excludes halogenated alkanes) is 38. The summed E-state index contributed by atoms with van der Waals surface area (Å²) in [5.41, 5.74) is 6.14. The van der Waals surface area contributed by atoms with E-state index >= 15 is 0 Å². The number of carbonyl (C=O) groups is 4. The van der Waals surface area contributed by atoms with Crippen LogP contribution in [0.2, 0.25) is 0 Å². The molecule has 8 aromatic rings. The van der Waals surface area contributed by atoms with Gasteiger partial charge in [-0.1, -0.05) is 338 Å². The minimum atomic E-state index is 0.0319. The molecule has 0 fully saturated rings. The Hall–Kier alpha value is -5.30. The topological polar surface area (TPSA) is 81.2 Å². The highest BCUT2D eigenvalue weighted by atomic mass is 32.1. The fourth-order valence-electron chi connectivity index (χ4n) is 19.8. The largest absolute Gasteiger partial charge is 0.311 e. The van der Waals surface area contributed by atoms with Crippen molar-refractivity contribution >= 4 is 135 Å². The fraction of sp³-hybridized carbons (Fsp3) is 0.625. The van der Waals surface area contributed by atoms with E-state index in [2.05, 4.69) is 164 Å². The van der Waals surface area contributed by atoms with Crippen molar-refractivity contribution in [3.63, 3.8) is 0 Å². The number of amides is 4. The molecule has 4 unspecified atom stereocenters. The van der Waals surface area contributed by atoms with Crippen molar-refractivity contribution in [1.29, 1.82) is 0 Å². The first-order valence-corrected chi connectivity index (χ1v) is 58.3. The molecule has 0 saturated heterocycles. The normalized spacial score (nSPS) is 15.2. The van der Waals surface area contributed by atoms with Gasteiger partial charge in [-0.3, -0.25) is 19.2 Å². The van der Waals surface area contributed by atoms with E-state index in [-0.39, 0.29) is 23.6 Å². The second-order valence-electron chi connectivity index (χ2n) is 38.6. The maximum atomic E-state index is 15.0. The molecule has 128 heavy (non-hydrogen) atoms. The summed E-state index contributed by atoms with van der Waals surface area (Å²) in [6.07, 6.45) is 64.2. The van der Waals surface area contributed by atoms with Gasteiger partial charge in [0.05, 0.1) is 43.4 Å². The quantitative estimate of drug-likeness (QED) is 0.0356. The van der Waals surface area contributed by atoms with Crippen molar-refractivity contribution in [3.05, 3.63) is 138 Å². The Morgan fingerprint density at radius 1 is 0.227 bits per heavy atom. The second-order valence-corrected chi connectivity index (χ2v) is 47.6. The number of nitrogens with zero attached hydrogens (tertiary/aromatic N) is 4. The third-order valence-electron chi connectivity index (χ3n) is 27.5. The first-order chi connectivity index (χ1) is 62.5. The molecule has 8 aromatic heterocycles. The number of aryl methyl sites for hydroxylation is 2. The zero-order valence-corrected chi connectivity index (χ0v) is 87.8. The molecule has 12 rings (SSSR count). The Labute approximate surface area is 807 Å². The molecular weight excluding hydrogens is 1720 g/mol. The van der Waals surface area contributed by atoms with E-state index < -0.39 is 0 Å². The van der Waals surface area contributed by atoms with E-state index in [1.165, 1.54) is 350 Å². The van der Waals surface area contributed by atoms with Crippen LogP contribution >= 0.6 is 90.7 Å². The lowest BCUT2D eigenvalue weighted by Gasteiger charge is -2.28. The molecule has 702 valence electrons. The molecule has 4 amide bonds. The molecule has 0 spiro atoms. The first kappa shape index (κ1) is 103. The van der Waals surface area contributed by atoms with Crippen LogP contribution in [0.5, 0.6) is 0 Å². The molecule has 0 bridgehead atoms. The van der Waals surface area contributed by atoms with Crippen molar-refractivity contribution in [1.82, 2.24) is 19.6 Å². The van der Waals surface area contributed by atoms with E-state index in [4.69, 9.17) is 0 Å². The first-order valence-electron chi connectivity index (χ1n) is 51.7. The molecule has 4 aliphatic heterocycles. The Morgan fingerprint density at radius 3 is 0.719 bits per heavy atom. The van der Waals surface area contributed by atoms with Crippen molar-refractivity contribution < 1.29 is 19.2 Å². The van der Waals surface area contributed by atoms with Gasteiger partial charge in [-0.2, -0.15) is 0 Å². The molecular formula is C112H162N4O4S8. The van der Waals surface area contributed by atoms with Crippen LogP contribution in [0, 0.1) is 37.5 Å². The van der Waals surface area contributed by atoms with Crippen molar-refractivity contribution in [2.24, 2.45) is 23.7 Å². The molecule has 0 saturated carbocycles. The molecule has 12 heterocycles. The highest BCUT2D eigenvalue weighted by molar-refractivity contribution is 7.33. The van der Waals surface area contributed by atoms with Crippen LogP contribution in [0.25, 0.3) is 69.6 Å². The van der Waals surface area contributed by atoms with Crippen molar-refractivity contribution in [2.45, 2.75) is 404 Å². The number of fused-ring (bicyclic) bond motifs is 3. The molecule has 8 nitrogen and oxygen atoms in total. The Morgan fingerprint density at radius 2 is 0.445 bits per heavy atom. The van der Waals surface area contributed by atoms with Gasteiger partial charge in [0.15, 0.2) is 0 Å². The number of hydrogen-bond acceptors (Lipinski definition) is 12. The van der Waals surface area contributed by atoms with Gasteiger partial charge < -0.3 is 19.6 Å². The van der Waals surface area contributed by atoms with E-state index in [1.807, 2.05) is 91.7 Å². The molecule has 16 heteroatoms. The summed E-state index contributed by atoms with van der Waals surface area (Å²) in [6.45, 7) is 29.5. The SMILES string of the molecule is CCCCCCCCCCC(C)CN1C(=O)C2=C(c3ccc(-c4cc5sc(-c6ccc(C)s6)cc5s4)s3)N(CC(CCCCCCCC)CCCCCCCCCC)C(=O)C2=C1C.CCCCCCCCCCC(C)CN1C(=O)C2=C(c3ccc(-c4ccc(-c5ccc(-c6ccc(C)s6)s5)s4)s3)N(CC(CCCCCCCC)CCCCCCCCCC)C(=O)C2=C1C. The van der Waals surface area contributed by atoms with Crippen LogP contribution < -0.4 is 0 Å². The molecule has 0 aromatic carbocycles. The third-order valence-corrected chi connectivity index (χ3v) is 37.1. The van der Waals surface area contributed by atoms with Gasteiger partial charge in [-0.15, -0.1) is 90.7 Å². The maximum absolute atomic E-state index is 15.0. The molecule has 4 atom stereocenters. The van der Waals surface area contributed by atoms with Crippen LogP contribution in [0.1, 0.15) is 410 Å². The van der Waals surface area contributed by atoms with E-state index in [0.717, 1.165) is 71.1 Å². The van der Waals surface area contributed by atoms with Gasteiger partial charge in [0.2, 0.25) is 0 Å². The van der Waals surface area contributed by atoms with Crippen LogP contribution in [0.3, 0.4) is 0 Å². The number of allylic oxidation sites excluding steroid dienone is 2. The molecule has 0 radical (unpaired) electrons. The smallest absolute Gasteiger partial charge is 0.261 e. The molecule has 4 aliphatic rings. The van der Waals surface area contributed by atoms with Crippen LogP contribution in [-0.4, -0.2) is 69.4 Å². The summed E-state index contributed by atoms with van der Waals surface area (Å²) in [5, 5.41) is 0. The van der Waals surface area contributed by atoms with Gasteiger partial charge in [-0.05, 0) is 175 Å². The molecule has 0 aliphatic carbocycles. The lowest BCUT2D eigenvalue weighted by Crippen LogP contribution is -2.34. The summed E-state index contributed by atoms with van der Waals surface area (Å²) < 4.78 is 2.65. The van der Waals surface area contributed by atoms with Gasteiger partial charge in [0, 0.05) is 105 Å². The predicted octanol–water partition coefficient (Wildman–Crippen LogP) is 37.4. The van der Waals surface area contributed by atoms with E-state index in [9.17, 15) is 19.2 Å². The summed E-state index contributed by atoms with van der Waals surface area (Å²) in [7, 11) is 0. The predicted molar refractivity (Wildman–Crippen MR) is 566 cm³/mol. The fourth-order valence-corrected chi connectivity index (χ4v) is 28.5. The van der Waals surface area contributed by atoms with Crippen molar-refractivity contribution in [2.75, 3.05) is 26.2 Å². The summed E-state index contributed by atoms with van der Waals surface area (Å²) >= 11 is 14.7. The van der Waals surface area contributed by atoms with Gasteiger partial charge >= 0.3 is 0 Å². The number of thiophene rings is 8. The minimum absolute atomic E-state index is 0.0319. The van der Waals surface area contributed by atoms with Crippen LogP contribution in [0.15, 0.2) is 119 Å². The summed E-state index contributed by atoms with van der Waals surface area (Å²) in [5.74, 6) is 1.79. The van der Waals surface area contributed by atoms with Gasteiger partial charge in [0.1, 0.15) is 0 Å². The zero-order valence-electron chi connectivity index (χ0n) is 81.3. The standard InChI is InChI=1S/C57H82N2O2S4.C55H80N2O2S4/c1-7-10-13-16-19-21-23-26-29-42(4)40-58-44(6)53-54(57(58)61)55(59(56(53)60)41-45(30-27-24-18-15-12-9-3)31-28-25-22-20-17-14-11-8-2)52-39-38-51(65-52)50-37-36-49(64-50)48-35-34-47(63-48)46-33-32-43(5)62-46;1-7-10-13-16-19-21-23-26-29-40(4)38-56-42(6)51-52(55(56)59)53(46-35-34-45(61-46)48-37-50-49(63-48)36-47(62-50)44-33-32-41(5)60-44)57(54(51)58)39-43(30-27-24-18-15-12-9-3)31-28-25-22-20-17-14-11-8-2/h32-39,42,45H,7-31,40-41H2,1-6H3;32-37,40,43H,7-31,38-39H2,1-6H3. The minimum Gasteiger partial charge on any atom is -0.311 e. The number of carbonyl (C=O) groups excluding carboxylic acids is 4. The highest BCUT2D eigenvalue weighted by Gasteiger charge is 2.50. The van der Waals surface area contributed by atoms with Crippen molar-refractivity contribution in [3.8, 4) is 48.8 Å².